The van der Waals surface area contributed by atoms with E-state index in [9.17, 15) is 0 Å². The monoisotopic (exact) mass is 227 g/mol. The van der Waals surface area contributed by atoms with Crippen molar-refractivity contribution in [3.8, 4) is 0 Å². The molecule has 0 saturated carbocycles. The molecule has 0 aliphatic carbocycles. The molecule has 3 rings (SSSR count). The number of piperidine rings is 1. The van der Waals surface area contributed by atoms with Crippen LogP contribution in [0.25, 0.3) is 10.9 Å². The van der Waals surface area contributed by atoms with Crippen LogP contribution in [-0.4, -0.2) is 24.1 Å². The number of hydrogen-bond acceptors (Lipinski definition) is 3. The molecule has 1 aliphatic heterocycles. The van der Waals surface area contributed by atoms with Crippen LogP contribution in [0.5, 0.6) is 0 Å². The van der Waals surface area contributed by atoms with Gasteiger partial charge in [0.2, 0.25) is 0 Å². The molecule has 2 N–H and O–H groups in total. The Morgan fingerprint density at radius 2 is 2.00 bits per heavy atom. The van der Waals surface area contributed by atoms with Gasteiger partial charge in [-0.15, -0.1) is 0 Å². The van der Waals surface area contributed by atoms with E-state index in [1.54, 1.807) is 0 Å². The number of nitrogens with zero attached hydrogens (tertiary/aromatic N) is 2. The van der Waals surface area contributed by atoms with Gasteiger partial charge in [-0.2, -0.15) is 0 Å². The molecular formula is C14H17N3. The molecule has 1 saturated heterocycles. The fourth-order valence-electron chi connectivity index (χ4n) is 2.42. The summed E-state index contributed by atoms with van der Waals surface area (Å²) in [5.41, 5.74) is 8.28. The molecule has 3 heteroatoms. The highest BCUT2D eigenvalue weighted by Gasteiger charge is 2.16. The highest BCUT2D eigenvalue weighted by molar-refractivity contribution is 5.82. The van der Waals surface area contributed by atoms with E-state index in [1.165, 1.54) is 11.1 Å². The number of aromatic nitrogens is 1. The van der Waals surface area contributed by atoms with E-state index in [1.807, 2.05) is 12.3 Å². The first kappa shape index (κ1) is 10.5. The van der Waals surface area contributed by atoms with Crippen LogP contribution >= 0.6 is 0 Å². The molecular weight excluding hydrogens is 210 g/mol. The Bertz CT molecular complexity index is 516. The zero-order valence-corrected chi connectivity index (χ0v) is 9.84. The fraction of sp³-hybridized carbons (Fsp3) is 0.357. The van der Waals surface area contributed by atoms with Crippen molar-refractivity contribution in [3.05, 3.63) is 36.5 Å². The number of hydrogen-bond donors (Lipinski definition) is 1. The maximum absolute atomic E-state index is 5.93. The summed E-state index contributed by atoms with van der Waals surface area (Å²) < 4.78 is 0. The standard InChI is InChI=1S/C14H17N3/c15-12-5-8-17(9-6-12)13-3-4-14-11(10-13)2-1-7-16-14/h1-4,7,10,12H,5-6,8-9,15H2. The van der Waals surface area contributed by atoms with Gasteiger partial charge in [0.25, 0.3) is 0 Å². The zero-order valence-electron chi connectivity index (χ0n) is 9.84. The third kappa shape index (κ3) is 2.11. The van der Waals surface area contributed by atoms with Crippen molar-refractivity contribution in [2.24, 2.45) is 5.73 Å². The lowest BCUT2D eigenvalue weighted by atomic mass is 10.0. The number of fused-ring (bicyclic) bond motifs is 1. The predicted octanol–water partition coefficient (Wildman–Crippen LogP) is 2.16. The predicted molar refractivity (Wildman–Crippen MR) is 71.2 cm³/mol. The Morgan fingerprint density at radius 3 is 2.82 bits per heavy atom. The molecule has 1 aromatic carbocycles. The second-order valence-corrected chi connectivity index (χ2v) is 4.70. The van der Waals surface area contributed by atoms with Crippen molar-refractivity contribution in [2.45, 2.75) is 18.9 Å². The average Bonchev–Trinajstić information content (AvgIpc) is 2.39. The summed E-state index contributed by atoms with van der Waals surface area (Å²) in [5.74, 6) is 0. The van der Waals surface area contributed by atoms with Gasteiger partial charge in [-0.1, -0.05) is 6.07 Å². The molecule has 0 unspecified atom stereocenters. The van der Waals surface area contributed by atoms with Crippen molar-refractivity contribution >= 4 is 16.6 Å². The van der Waals surface area contributed by atoms with E-state index in [0.717, 1.165) is 31.4 Å². The summed E-state index contributed by atoms with van der Waals surface area (Å²) >= 11 is 0. The first-order valence-electron chi connectivity index (χ1n) is 6.18. The molecule has 0 spiro atoms. The number of pyridine rings is 1. The lowest BCUT2D eigenvalue weighted by Gasteiger charge is -2.32. The Hall–Kier alpha value is -1.61. The van der Waals surface area contributed by atoms with Crippen LogP contribution in [0.4, 0.5) is 5.69 Å². The largest absolute Gasteiger partial charge is 0.371 e. The van der Waals surface area contributed by atoms with Gasteiger partial charge in [-0.3, -0.25) is 4.98 Å². The van der Waals surface area contributed by atoms with Gasteiger partial charge in [0.1, 0.15) is 0 Å². The Labute approximate surface area is 101 Å². The summed E-state index contributed by atoms with van der Waals surface area (Å²) in [6.07, 6.45) is 4.01. The quantitative estimate of drug-likeness (QED) is 0.811. The van der Waals surface area contributed by atoms with Crippen molar-refractivity contribution in [1.82, 2.24) is 4.98 Å². The van der Waals surface area contributed by atoms with E-state index in [-0.39, 0.29) is 0 Å². The van der Waals surface area contributed by atoms with Crippen LogP contribution in [0.3, 0.4) is 0 Å². The summed E-state index contributed by atoms with van der Waals surface area (Å²) in [7, 11) is 0. The van der Waals surface area contributed by atoms with Crippen LogP contribution in [0, 0.1) is 0 Å². The molecule has 3 nitrogen and oxygen atoms in total. The van der Waals surface area contributed by atoms with Crippen LogP contribution in [-0.2, 0) is 0 Å². The minimum Gasteiger partial charge on any atom is -0.371 e. The molecule has 88 valence electrons. The average molecular weight is 227 g/mol. The van der Waals surface area contributed by atoms with Gasteiger partial charge >= 0.3 is 0 Å². The van der Waals surface area contributed by atoms with Gasteiger partial charge < -0.3 is 10.6 Å². The molecule has 1 fully saturated rings. The van der Waals surface area contributed by atoms with Gasteiger partial charge in [-0.05, 0) is 37.1 Å². The highest BCUT2D eigenvalue weighted by atomic mass is 15.1. The number of rotatable bonds is 1. The number of benzene rings is 1. The molecule has 0 atom stereocenters. The zero-order chi connectivity index (χ0) is 11.7. The summed E-state index contributed by atoms with van der Waals surface area (Å²) in [4.78, 5) is 6.75. The van der Waals surface area contributed by atoms with Crippen molar-refractivity contribution < 1.29 is 0 Å². The van der Waals surface area contributed by atoms with E-state index < -0.39 is 0 Å². The van der Waals surface area contributed by atoms with E-state index in [2.05, 4.69) is 34.1 Å². The lowest BCUT2D eigenvalue weighted by molar-refractivity contribution is 0.501. The molecule has 1 aromatic heterocycles. The minimum atomic E-state index is 0.383. The number of nitrogens with two attached hydrogens (primary N) is 1. The minimum absolute atomic E-state index is 0.383. The third-order valence-corrected chi connectivity index (χ3v) is 3.49. The van der Waals surface area contributed by atoms with E-state index in [4.69, 9.17) is 5.73 Å². The summed E-state index contributed by atoms with van der Waals surface area (Å²) in [6.45, 7) is 2.12. The molecule has 0 bridgehead atoms. The molecule has 2 aromatic rings. The third-order valence-electron chi connectivity index (χ3n) is 3.49. The Kier molecular flexibility index (Phi) is 2.69. The van der Waals surface area contributed by atoms with Gasteiger partial charge in [0.05, 0.1) is 5.52 Å². The van der Waals surface area contributed by atoms with Gasteiger partial charge in [0, 0.05) is 36.4 Å². The molecule has 17 heavy (non-hydrogen) atoms. The number of anilines is 1. The summed E-state index contributed by atoms with van der Waals surface area (Å²) in [5, 5.41) is 1.21. The summed E-state index contributed by atoms with van der Waals surface area (Å²) in [6, 6.07) is 11.0. The van der Waals surface area contributed by atoms with Crippen LogP contribution in [0.1, 0.15) is 12.8 Å². The first-order valence-corrected chi connectivity index (χ1v) is 6.18. The lowest BCUT2D eigenvalue weighted by Crippen LogP contribution is -2.39. The van der Waals surface area contributed by atoms with Crippen molar-refractivity contribution in [2.75, 3.05) is 18.0 Å². The topological polar surface area (TPSA) is 42.1 Å². The molecule has 2 heterocycles. The van der Waals surface area contributed by atoms with Crippen LogP contribution in [0.15, 0.2) is 36.5 Å². The first-order chi connectivity index (χ1) is 8.33. The van der Waals surface area contributed by atoms with Crippen LogP contribution < -0.4 is 10.6 Å². The SMILES string of the molecule is NC1CCN(c2ccc3ncccc3c2)CC1. The normalized spacial score (nSPS) is 17.6. The highest BCUT2D eigenvalue weighted by Crippen LogP contribution is 2.23. The molecule has 0 radical (unpaired) electrons. The van der Waals surface area contributed by atoms with E-state index >= 15 is 0 Å². The van der Waals surface area contributed by atoms with Gasteiger partial charge in [-0.25, -0.2) is 0 Å². The van der Waals surface area contributed by atoms with E-state index in [0.29, 0.717) is 6.04 Å². The maximum Gasteiger partial charge on any atom is 0.0703 e. The van der Waals surface area contributed by atoms with Gasteiger partial charge in [0.15, 0.2) is 0 Å². The Balaban J connectivity index is 1.90. The molecule has 1 aliphatic rings. The smallest absolute Gasteiger partial charge is 0.0703 e. The fourth-order valence-corrected chi connectivity index (χ4v) is 2.42. The van der Waals surface area contributed by atoms with Crippen LogP contribution in [0.2, 0.25) is 0 Å². The van der Waals surface area contributed by atoms with Crippen molar-refractivity contribution in [1.29, 1.82) is 0 Å². The Morgan fingerprint density at radius 1 is 1.18 bits per heavy atom. The maximum atomic E-state index is 5.93. The second-order valence-electron chi connectivity index (χ2n) is 4.70. The molecule has 0 amide bonds. The second kappa shape index (κ2) is 4.34. The van der Waals surface area contributed by atoms with Crippen molar-refractivity contribution in [3.63, 3.8) is 0 Å².